The maximum Gasteiger partial charge on any atom is 0.161 e. The molecule has 6 heteroatoms. The van der Waals surface area contributed by atoms with Crippen molar-refractivity contribution >= 4 is 0 Å². The van der Waals surface area contributed by atoms with E-state index in [1.54, 1.807) is 14.2 Å². The molecule has 0 N–H and O–H groups in total. The number of fused-ring (bicyclic) bond motifs is 1. The van der Waals surface area contributed by atoms with Gasteiger partial charge in [-0.15, -0.1) is 0 Å². The molecule has 1 aromatic heterocycles. The number of methoxy groups -OCH3 is 2. The Morgan fingerprint density at radius 3 is 2.29 bits per heavy atom. The van der Waals surface area contributed by atoms with Gasteiger partial charge in [0.25, 0.3) is 0 Å². The van der Waals surface area contributed by atoms with Gasteiger partial charge in [-0.25, -0.2) is 4.98 Å². The van der Waals surface area contributed by atoms with Crippen molar-refractivity contribution in [2.24, 2.45) is 11.8 Å². The van der Waals surface area contributed by atoms with Crippen molar-refractivity contribution in [2.45, 2.75) is 71.0 Å². The van der Waals surface area contributed by atoms with Crippen LogP contribution in [0.1, 0.15) is 51.8 Å². The molecule has 2 fully saturated rings. The molecule has 1 aromatic carbocycles. The molecule has 1 unspecified atom stereocenters. The highest BCUT2D eigenvalue weighted by Gasteiger charge is 2.33. The second-order valence-electron chi connectivity index (χ2n) is 10.8. The molecule has 5 rings (SSSR count). The van der Waals surface area contributed by atoms with Gasteiger partial charge >= 0.3 is 0 Å². The number of benzene rings is 1. The van der Waals surface area contributed by atoms with Gasteiger partial charge in [0.15, 0.2) is 11.5 Å². The smallest absolute Gasteiger partial charge is 0.161 e. The van der Waals surface area contributed by atoms with Crippen LogP contribution in [0, 0.1) is 11.8 Å². The molecule has 34 heavy (non-hydrogen) atoms. The molecular weight excluding hydrogens is 424 g/mol. The minimum Gasteiger partial charge on any atom is -0.493 e. The Morgan fingerprint density at radius 2 is 1.62 bits per heavy atom. The zero-order chi connectivity index (χ0) is 23.7. The van der Waals surface area contributed by atoms with E-state index >= 15 is 0 Å². The fraction of sp³-hybridized carbons (Fsp3) is 0.679. The standard InChI is InChI=1S/C28H42N4O2/c1-20(2)30-15-11-24(12-16-30)31-13-9-21(10-14-31)23-6-8-28-29-25(19-32(28)18-23)22-5-7-26(33-3)27(17-22)34-4/h5,7,17,19-21,23-24H,6,8-16,18H2,1-4H3. The molecule has 2 aromatic rings. The Balaban J connectivity index is 1.17. The van der Waals surface area contributed by atoms with Gasteiger partial charge in [-0.2, -0.15) is 0 Å². The molecular formula is C28H42N4O2. The van der Waals surface area contributed by atoms with Crippen LogP contribution >= 0.6 is 0 Å². The van der Waals surface area contributed by atoms with Gasteiger partial charge in [0.2, 0.25) is 0 Å². The number of likely N-dealkylation sites (tertiary alicyclic amines) is 2. The van der Waals surface area contributed by atoms with Gasteiger partial charge in [-0.3, -0.25) is 0 Å². The number of aryl methyl sites for hydroxylation is 1. The van der Waals surface area contributed by atoms with Crippen molar-refractivity contribution < 1.29 is 9.47 Å². The number of imidazole rings is 1. The first kappa shape index (κ1) is 23.7. The van der Waals surface area contributed by atoms with Gasteiger partial charge in [0, 0.05) is 36.8 Å². The molecule has 0 radical (unpaired) electrons. The summed E-state index contributed by atoms with van der Waals surface area (Å²) >= 11 is 0. The number of hydrogen-bond acceptors (Lipinski definition) is 5. The van der Waals surface area contributed by atoms with E-state index in [0.29, 0.717) is 6.04 Å². The van der Waals surface area contributed by atoms with Crippen LogP contribution in [0.5, 0.6) is 11.5 Å². The third-order valence-electron chi connectivity index (χ3n) is 8.70. The van der Waals surface area contributed by atoms with E-state index in [1.165, 1.54) is 64.1 Å². The Bertz CT molecular complexity index is 955. The highest BCUT2D eigenvalue weighted by Crippen LogP contribution is 2.36. The molecule has 0 amide bonds. The van der Waals surface area contributed by atoms with Crippen molar-refractivity contribution in [1.29, 1.82) is 0 Å². The summed E-state index contributed by atoms with van der Waals surface area (Å²) in [6.45, 7) is 10.9. The number of nitrogens with zero attached hydrogens (tertiary/aromatic N) is 4. The monoisotopic (exact) mass is 466 g/mol. The van der Waals surface area contributed by atoms with Gasteiger partial charge in [-0.05, 0) is 102 Å². The average Bonchev–Trinajstić information content (AvgIpc) is 3.32. The molecule has 3 aliphatic heterocycles. The van der Waals surface area contributed by atoms with E-state index in [4.69, 9.17) is 14.5 Å². The van der Waals surface area contributed by atoms with Crippen molar-refractivity contribution in [2.75, 3.05) is 40.4 Å². The molecule has 3 aliphatic rings. The van der Waals surface area contributed by atoms with Gasteiger partial charge in [0.05, 0.1) is 19.9 Å². The highest BCUT2D eigenvalue weighted by atomic mass is 16.5. The van der Waals surface area contributed by atoms with E-state index in [1.807, 2.05) is 12.1 Å². The van der Waals surface area contributed by atoms with Crippen LogP contribution in [-0.2, 0) is 13.0 Å². The summed E-state index contributed by atoms with van der Waals surface area (Å²) in [4.78, 5) is 10.4. The lowest BCUT2D eigenvalue weighted by atomic mass is 9.79. The van der Waals surface area contributed by atoms with Crippen LogP contribution < -0.4 is 9.47 Å². The molecule has 2 saturated heterocycles. The maximum atomic E-state index is 5.50. The molecule has 1 atom stereocenters. The SMILES string of the molecule is COc1ccc(-c2cn3c(n2)CCC(C2CCN(C4CCN(C(C)C)CC4)CC2)C3)cc1OC. The summed E-state index contributed by atoms with van der Waals surface area (Å²) in [6.07, 6.45) is 10.0. The second-order valence-corrected chi connectivity index (χ2v) is 10.8. The number of piperidine rings is 2. The van der Waals surface area contributed by atoms with Crippen molar-refractivity contribution in [3.8, 4) is 22.8 Å². The van der Waals surface area contributed by atoms with Gasteiger partial charge in [0.1, 0.15) is 5.82 Å². The summed E-state index contributed by atoms with van der Waals surface area (Å²) in [7, 11) is 3.36. The summed E-state index contributed by atoms with van der Waals surface area (Å²) in [5.74, 6) is 4.38. The summed E-state index contributed by atoms with van der Waals surface area (Å²) in [5, 5.41) is 0. The first-order valence-electron chi connectivity index (χ1n) is 13.3. The topological polar surface area (TPSA) is 42.8 Å². The minimum atomic E-state index is 0.693. The predicted molar refractivity (Wildman–Crippen MR) is 137 cm³/mol. The van der Waals surface area contributed by atoms with Crippen LogP contribution in [0.3, 0.4) is 0 Å². The van der Waals surface area contributed by atoms with E-state index in [-0.39, 0.29) is 0 Å². The molecule has 0 bridgehead atoms. The van der Waals surface area contributed by atoms with Gasteiger partial charge < -0.3 is 23.8 Å². The fourth-order valence-electron chi connectivity index (χ4n) is 6.51. The normalized spacial score (nSPS) is 23.3. The van der Waals surface area contributed by atoms with Gasteiger partial charge in [-0.1, -0.05) is 0 Å². The molecule has 6 nitrogen and oxygen atoms in total. The third kappa shape index (κ3) is 4.85. The molecule has 0 spiro atoms. The van der Waals surface area contributed by atoms with Crippen molar-refractivity contribution in [1.82, 2.24) is 19.4 Å². The number of hydrogen-bond donors (Lipinski definition) is 0. The molecule has 4 heterocycles. The van der Waals surface area contributed by atoms with E-state index in [2.05, 4.69) is 40.5 Å². The Kier molecular flexibility index (Phi) is 7.16. The summed E-state index contributed by atoms with van der Waals surface area (Å²) in [5.41, 5.74) is 2.13. The highest BCUT2D eigenvalue weighted by molar-refractivity contribution is 5.63. The molecule has 0 saturated carbocycles. The van der Waals surface area contributed by atoms with Crippen molar-refractivity contribution in [3.63, 3.8) is 0 Å². The second kappa shape index (κ2) is 10.3. The average molecular weight is 467 g/mol. The fourth-order valence-corrected chi connectivity index (χ4v) is 6.51. The zero-order valence-corrected chi connectivity index (χ0v) is 21.5. The first-order valence-corrected chi connectivity index (χ1v) is 13.3. The Hall–Kier alpha value is -2.05. The molecule has 186 valence electrons. The Morgan fingerprint density at radius 1 is 0.882 bits per heavy atom. The largest absolute Gasteiger partial charge is 0.493 e. The summed E-state index contributed by atoms with van der Waals surface area (Å²) in [6, 6.07) is 7.58. The number of rotatable bonds is 6. The van der Waals surface area contributed by atoms with E-state index in [9.17, 15) is 0 Å². The lowest BCUT2D eigenvalue weighted by Gasteiger charge is -2.44. The predicted octanol–water partition coefficient (Wildman–Crippen LogP) is 4.71. The van der Waals surface area contributed by atoms with E-state index < -0.39 is 0 Å². The number of aromatic nitrogens is 2. The van der Waals surface area contributed by atoms with E-state index in [0.717, 1.165) is 53.6 Å². The van der Waals surface area contributed by atoms with Crippen LogP contribution in [0.25, 0.3) is 11.3 Å². The van der Waals surface area contributed by atoms with Crippen LogP contribution in [0.2, 0.25) is 0 Å². The zero-order valence-electron chi connectivity index (χ0n) is 21.5. The van der Waals surface area contributed by atoms with Crippen LogP contribution in [-0.4, -0.2) is 71.8 Å². The number of ether oxygens (including phenoxy) is 2. The van der Waals surface area contributed by atoms with Crippen LogP contribution in [0.15, 0.2) is 24.4 Å². The Labute approximate surface area is 205 Å². The summed E-state index contributed by atoms with van der Waals surface area (Å²) < 4.78 is 13.3. The minimum absolute atomic E-state index is 0.693. The first-order chi connectivity index (χ1) is 16.6. The third-order valence-corrected chi connectivity index (χ3v) is 8.70. The quantitative estimate of drug-likeness (QED) is 0.617. The van der Waals surface area contributed by atoms with Crippen molar-refractivity contribution in [3.05, 3.63) is 30.2 Å². The lowest BCUT2D eigenvalue weighted by Crippen LogP contribution is -2.49. The molecule has 0 aliphatic carbocycles. The van der Waals surface area contributed by atoms with Crippen LogP contribution in [0.4, 0.5) is 0 Å². The lowest BCUT2D eigenvalue weighted by molar-refractivity contribution is 0.0524. The maximum absolute atomic E-state index is 5.50.